The molecule has 0 bridgehead atoms. The van der Waals surface area contributed by atoms with Gasteiger partial charge in [-0.3, -0.25) is 0 Å². The van der Waals surface area contributed by atoms with E-state index in [9.17, 15) is 0 Å². The Morgan fingerprint density at radius 3 is 2.07 bits per heavy atom. The summed E-state index contributed by atoms with van der Waals surface area (Å²) in [6.07, 6.45) is 14.7. The van der Waals surface area contributed by atoms with Gasteiger partial charge in [-0.15, -0.1) is 0 Å². The lowest BCUT2D eigenvalue weighted by Gasteiger charge is -2.13. The van der Waals surface area contributed by atoms with Gasteiger partial charge in [-0.25, -0.2) is 0 Å². The van der Waals surface area contributed by atoms with Crippen LogP contribution >= 0.6 is 0 Å². The molecule has 0 spiro atoms. The molecule has 1 fully saturated rings. The van der Waals surface area contributed by atoms with Gasteiger partial charge in [0.15, 0.2) is 0 Å². The SMILES string of the molecule is C[Si](C)(C)CC=CC[C]1CCCCCC1. The van der Waals surface area contributed by atoms with Crippen molar-refractivity contribution in [1.82, 2.24) is 0 Å². The highest BCUT2D eigenvalue weighted by Gasteiger charge is 2.12. The molecular formula is C14H27Si. The average molecular weight is 223 g/mol. The zero-order valence-electron chi connectivity index (χ0n) is 10.8. The van der Waals surface area contributed by atoms with Crippen LogP contribution in [0, 0.1) is 5.92 Å². The molecule has 1 heteroatoms. The Labute approximate surface area is 97.2 Å². The predicted octanol–water partition coefficient (Wildman–Crippen LogP) is 5.20. The maximum Gasteiger partial charge on any atom is 0.0480 e. The van der Waals surface area contributed by atoms with Gasteiger partial charge in [-0.1, -0.05) is 57.5 Å². The van der Waals surface area contributed by atoms with Crippen LogP contribution in [-0.4, -0.2) is 8.07 Å². The number of hydrogen-bond acceptors (Lipinski definition) is 0. The number of allylic oxidation sites excluding steroid dienone is 2. The van der Waals surface area contributed by atoms with E-state index in [1.54, 1.807) is 5.92 Å². The topological polar surface area (TPSA) is 0 Å². The molecule has 15 heavy (non-hydrogen) atoms. The lowest BCUT2D eigenvalue weighted by Crippen LogP contribution is -2.17. The van der Waals surface area contributed by atoms with E-state index in [0.29, 0.717) is 0 Å². The Balaban J connectivity index is 2.17. The largest absolute Gasteiger partial charge is 0.0912 e. The Hall–Kier alpha value is -0.0431. The van der Waals surface area contributed by atoms with Gasteiger partial charge in [-0.2, -0.15) is 0 Å². The summed E-state index contributed by atoms with van der Waals surface area (Å²) in [4.78, 5) is 0. The Morgan fingerprint density at radius 2 is 1.53 bits per heavy atom. The molecule has 1 rings (SSSR count). The maximum absolute atomic E-state index is 2.44. The van der Waals surface area contributed by atoms with E-state index >= 15 is 0 Å². The van der Waals surface area contributed by atoms with Crippen molar-refractivity contribution in [2.75, 3.05) is 0 Å². The van der Waals surface area contributed by atoms with Gasteiger partial charge >= 0.3 is 0 Å². The molecule has 0 aromatic rings. The summed E-state index contributed by atoms with van der Waals surface area (Å²) in [6, 6.07) is 1.35. The van der Waals surface area contributed by atoms with Crippen molar-refractivity contribution in [2.24, 2.45) is 0 Å². The van der Waals surface area contributed by atoms with Crippen LogP contribution in [-0.2, 0) is 0 Å². The molecule has 0 aromatic heterocycles. The molecular weight excluding hydrogens is 196 g/mol. The van der Waals surface area contributed by atoms with Gasteiger partial charge in [0.05, 0.1) is 0 Å². The van der Waals surface area contributed by atoms with Crippen LogP contribution in [0.1, 0.15) is 44.9 Å². The normalized spacial score (nSPS) is 20.7. The predicted molar refractivity (Wildman–Crippen MR) is 72.9 cm³/mol. The monoisotopic (exact) mass is 223 g/mol. The molecule has 0 aromatic carbocycles. The molecule has 87 valence electrons. The second-order valence-electron chi connectivity index (χ2n) is 6.10. The fourth-order valence-electron chi connectivity index (χ4n) is 2.12. The van der Waals surface area contributed by atoms with E-state index in [2.05, 4.69) is 31.8 Å². The second-order valence-corrected chi connectivity index (χ2v) is 11.6. The third-order valence-corrected chi connectivity index (χ3v) is 4.57. The van der Waals surface area contributed by atoms with Crippen molar-refractivity contribution in [3.05, 3.63) is 18.1 Å². The summed E-state index contributed by atoms with van der Waals surface area (Å²) < 4.78 is 0. The quantitative estimate of drug-likeness (QED) is 0.349. The van der Waals surface area contributed by atoms with E-state index in [0.717, 1.165) is 0 Å². The molecule has 0 N–H and O–H groups in total. The molecule has 0 heterocycles. The zero-order chi connectivity index (χ0) is 11.1. The van der Waals surface area contributed by atoms with Crippen LogP contribution in [0.25, 0.3) is 0 Å². The van der Waals surface area contributed by atoms with E-state index in [1.807, 2.05) is 0 Å². The van der Waals surface area contributed by atoms with Crippen LogP contribution in [0.2, 0.25) is 25.7 Å². The highest BCUT2D eigenvalue weighted by atomic mass is 28.3. The van der Waals surface area contributed by atoms with Crippen molar-refractivity contribution in [3.63, 3.8) is 0 Å². The Kier molecular flexibility index (Phi) is 5.66. The maximum atomic E-state index is 2.44. The lowest BCUT2D eigenvalue weighted by atomic mass is 9.97. The first kappa shape index (κ1) is 13.0. The summed E-state index contributed by atoms with van der Waals surface area (Å²) in [5.74, 6) is 1.80. The zero-order valence-corrected chi connectivity index (χ0v) is 11.8. The Morgan fingerprint density at radius 1 is 0.933 bits per heavy atom. The fraction of sp³-hybridized carbons (Fsp3) is 0.786. The highest BCUT2D eigenvalue weighted by molar-refractivity contribution is 6.76. The van der Waals surface area contributed by atoms with Crippen molar-refractivity contribution < 1.29 is 0 Å². The van der Waals surface area contributed by atoms with Gasteiger partial charge < -0.3 is 0 Å². The van der Waals surface area contributed by atoms with Gasteiger partial charge in [0, 0.05) is 8.07 Å². The van der Waals surface area contributed by atoms with Crippen molar-refractivity contribution in [2.45, 2.75) is 70.6 Å². The van der Waals surface area contributed by atoms with Gasteiger partial charge in [0.25, 0.3) is 0 Å². The van der Waals surface area contributed by atoms with E-state index in [1.165, 1.54) is 51.0 Å². The molecule has 0 aliphatic heterocycles. The smallest absolute Gasteiger partial charge is 0.0480 e. The minimum Gasteiger partial charge on any atom is -0.0912 e. The van der Waals surface area contributed by atoms with Crippen molar-refractivity contribution in [1.29, 1.82) is 0 Å². The van der Waals surface area contributed by atoms with Crippen molar-refractivity contribution >= 4 is 8.07 Å². The Bertz CT molecular complexity index is 180. The standard InChI is InChI=1S/C14H27Si/c1-15(2,3)13-9-8-12-14-10-6-4-5-7-11-14/h8-9H,4-7,10-13H2,1-3H3. The van der Waals surface area contributed by atoms with Crippen LogP contribution in [0.3, 0.4) is 0 Å². The molecule has 1 aliphatic rings. The fourth-order valence-corrected chi connectivity index (χ4v) is 2.99. The van der Waals surface area contributed by atoms with Crippen molar-refractivity contribution in [3.8, 4) is 0 Å². The summed E-state index contributed by atoms with van der Waals surface area (Å²) in [5.41, 5.74) is 0. The van der Waals surface area contributed by atoms with E-state index in [-0.39, 0.29) is 0 Å². The van der Waals surface area contributed by atoms with E-state index < -0.39 is 8.07 Å². The first-order valence-corrected chi connectivity index (χ1v) is 10.3. The highest BCUT2D eigenvalue weighted by Crippen LogP contribution is 2.27. The first-order valence-electron chi connectivity index (χ1n) is 6.56. The third-order valence-electron chi connectivity index (χ3n) is 3.11. The van der Waals surface area contributed by atoms with Crippen LogP contribution < -0.4 is 0 Å². The van der Waals surface area contributed by atoms with Gasteiger partial charge in [-0.05, 0) is 31.2 Å². The van der Waals surface area contributed by atoms with E-state index in [4.69, 9.17) is 0 Å². The summed E-state index contributed by atoms with van der Waals surface area (Å²) in [7, 11) is -0.850. The summed E-state index contributed by atoms with van der Waals surface area (Å²) in [6.45, 7) is 7.32. The molecule has 1 saturated carbocycles. The minimum absolute atomic E-state index is 0.850. The molecule has 1 aliphatic carbocycles. The lowest BCUT2D eigenvalue weighted by molar-refractivity contribution is 0.702. The molecule has 0 nitrogen and oxygen atoms in total. The van der Waals surface area contributed by atoms with Crippen LogP contribution in [0.4, 0.5) is 0 Å². The third kappa shape index (κ3) is 6.94. The first-order chi connectivity index (χ1) is 7.08. The summed E-state index contributed by atoms with van der Waals surface area (Å²) in [5, 5.41) is 0. The number of hydrogen-bond donors (Lipinski definition) is 0. The summed E-state index contributed by atoms with van der Waals surface area (Å²) >= 11 is 0. The molecule has 0 unspecified atom stereocenters. The number of rotatable bonds is 4. The van der Waals surface area contributed by atoms with Gasteiger partial charge in [0.2, 0.25) is 0 Å². The molecule has 0 atom stereocenters. The molecule has 0 saturated heterocycles. The van der Waals surface area contributed by atoms with Crippen LogP contribution in [0.5, 0.6) is 0 Å². The van der Waals surface area contributed by atoms with Crippen LogP contribution in [0.15, 0.2) is 12.2 Å². The molecule has 0 amide bonds. The minimum atomic E-state index is -0.850. The second kappa shape index (κ2) is 6.52. The average Bonchev–Trinajstić information content (AvgIpc) is 2.39. The van der Waals surface area contributed by atoms with Gasteiger partial charge in [0.1, 0.15) is 0 Å². The molecule has 1 radical (unpaired) electrons.